The van der Waals surface area contributed by atoms with Gasteiger partial charge in [-0.1, -0.05) is 30.3 Å². The van der Waals surface area contributed by atoms with Gasteiger partial charge in [0.1, 0.15) is 10.6 Å². The number of nitrogens with one attached hydrogen (secondary N) is 1. The van der Waals surface area contributed by atoms with E-state index in [1.165, 1.54) is 5.56 Å². The van der Waals surface area contributed by atoms with Crippen molar-refractivity contribution in [3.63, 3.8) is 0 Å². The molecule has 0 radical (unpaired) electrons. The zero-order valence-corrected chi connectivity index (χ0v) is 14.0. The second kappa shape index (κ2) is 6.62. The zero-order chi connectivity index (χ0) is 16.3. The van der Waals surface area contributed by atoms with Gasteiger partial charge in [-0.05, 0) is 12.5 Å². The van der Waals surface area contributed by atoms with Crippen molar-refractivity contribution in [2.45, 2.75) is 19.1 Å². The molecule has 6 heteroatoms. The van der Waals surface area contributed by atoms with E-state index in [1.54, 1.807) is 29.1 Å². The van der Waals surface area contributed by atoms with Crippen molar-refractivity contribution in [3.8, 4) is 10.4 Å². The van der Waals surface area contributed by atoms with Crippen molar-refractivity contribution in [3.05, 3.63) is 59.5 Å². The van der Waals surface area contributed by atoms with E-state index in [0.717, 1.165) is 15.4 Å². The summed E-state index contributed by atoms with van der Waals surface area (Å²) in [6, 6.07) is 10.2. The van der Waals surface area contributed by atoms with E-state index in [9.17, 15) is 5.11 Å². The lowest BCUT2D eigenvalue weighted by Crippen LogP contribution is -2.34. The highest BCUT2D eigenvalue weighted by Crippen LogP contribution is 2.26. The van der Waals surface area contributed by atoms with Crippen LogP contribution in [0.15, 0.2) is 48.9 Å². The van der Waals surface area contributed by atoms with Crippen molar-refractivity contribution < 1.29 is 5.11 Å². The van der Waals surface area contributed by atoms with Crippen molar-refractivity contribution in [1.82, 2.24) is 20.1 Å². The third-order valence-corrected chi connectivity index (χ3v) is 4.73. The average Bonchev–Trinajstić information content (AvgIpc) is 3.17. The Labute approximate surface area is 139 Å². The number of nitrogens with zero attached hydrogens (tertiary/aromatic N) is 3. The van der Waals surface area contributed by atoms with Crippen molar-refractivity contribution in [2.75, 3.05) is 6.54 Å². The lowest BCUT2D eigenvalue weighted by atomic mass is 10.00. The molecule has 0 aliphatic rings. The zero-order valence-electron chi connectivity index (χ0n) is 13.2. The first-order chi connectivity index (χ1) is 11.0. The van der Waals surface area contributed by atoms with Gasteiger partial charge in [-0.3, -0.25) is 4.68 Å². The molecule has 1 aromatic carbocycles. The first kappa shape index (κ1) is 15.9. The smallest absolute Gasteiger partial charge is 0.107 e. The van der Waals surface area contributed by atoms with Gasteiger partial charge in [-0.2, -0.15) is 5.10 Å². The van der Waals surface area contributed by atoms with Gasteiger partial charge >= 0.3 is 0 Å². The van der Waals surface area contributed by atoms with Crippen LogP contribution in [0.3, 0.4) is 0 Å². The molecule has 0 saturated carbocycles. The van der Waals surface area contributed by atoms with E-state index < -0.39 is 5.60 Å². The number of hydrogen-bond donors (Lipinski definition) is 2. The molecule has 1 unspecified atom stereocenters. The van der Waals surface area contributed by atoms with Gasteiger partial charge in [0, 0.05) is 38.1 Å². The molecule has 0 aliphatic heterocycles. The SMILES string of the molecule is Cn1cc(C(C)(O)CNCc2ncc(-c3ccccc3)s2)cn1. The fraction of sp³-hybridized carbons (Fsp3) is 0.294. The quantitative estimate of drug-likeness (QED) is 0.730. The van der Waals surface area contributed by atoms with Crippen LogP contribution in [0.4, 0.5) is 0 Å². The first-order valence-corrected chi connectivity index (χ1v) is 8.28. The Kier molecular flexibility index (Phi) is 4.56. The van der Waals surface area contributed by atoms with Crippen molar-refractivity contribution >= 4 is 11.3 Å². The molecule has 0 spiro atoms. The topological polar surface area (TPSA) is 63.0 Å². The standard InChI is InChI=1S/C17H20N4OS/c1-17(22,14-8-20-21(2)11-14)12-18-10-16-19-9-15(23-16)13-6-4-3-5-7-13/h3-9,11,18,22H,10,12H2,1-2H3. The fourth-order valence-corrected chi connectivity index (χ4v) is 3.23. The Balaban J connectivity index is 1.58. The Morgan fingerprint density at radius 1 is 1.26 bits per heavy atom. The van der Waals surface area contributed by atoms with Gasteiger partial charge in [0.25, 0.3) is 0 Å². The van der Waals surface area contributed by atoms with Crippen LogP contribution in [-0.2, 0) is 19.2 Å². The molecule has 0 aliphatic carbocycles. The average molecular weight is 328 g/mol. The Morgan fingerprint density at radius 3 is 2.74 bits per heavy atom. The van der Waals surface area contributed by atoms with Crippen LogP contribution in [0.25, 0.3) is 10.4 Å². The molecule has 3 aromatic rings. The molecule has 0 fully saturated rings. The lowest BCUT2D eigenvalue weighted by Gasteiger charge is -2.22. The minimum Gasteiger partial charge on any atom is -0.384 e. The summed E-state index contributed by atoms with van der Waals surface area (Å²) in [5.74, 6) is 0. The maximum atomic E-state index is 10.5. The highest BCUT2D eigenvalue weighted by atomic mass is 32.1. The van der Waals surface area contributed by atoms with E-state index >= 15 is 0 Å². The summed E-state index contributed by atoms with van der Waals surface area (Å²) in [4.78, 5) is 5.60. The van der Waals surface area contributed by atoms with E-state index in [-0.39, 0.29) is 0 Å². The molecule has 0 bridgehead atoms. The van der Waals surface area contributed by atoms with Gasteiger partial charge < -0.3 is 10.4 Å². The maximum absolute atomic E-state index is 10.5. The molecule has 1 atom stereocenters. The van der Waals surface area contributed by atoms with E-state index in [1.807, 2.05) is 37.6 Å². The van der Waals surface area contributed by atoms with E-state index in [4.69, 9.17) is 0 Å². The molecule has 120 valence electrons. The molecular formula is C17H20N4OS. The van der Waals surface area contributed by atoms with E-state index in [0.29, 0.717) is 13.1 Å². The van der Waals surface area contributed by atoms with Crippen LogP contribution in [0, 0.1) is 0 Å². The predicted molar refractivity (Wildman–Crippen MR) is 92.0 cm³/mol. The minimum absolute atomic E-state index is 0.443. The summed E-state index contributed by atoms with van der Waals surface area (Å²) in [6.45, 7) is 2.86. The largest absolute Gasteiger partial charge is 0.384 e. The number of aliphatic hydroxyl groups is 1. The predicted octanol–water partition coefficient (Wildman–Crippen LogP) is 2.54. The molecule has 0 amide bonds. The Bertz CT molecular complexity index is 764. The summed E-state index contributed by atoms with van der Waals surface area (Å²) in [7, 11) is 1.84. The highest BCUT2D eigenvalue weighted by molar-refractivity contribution is 7.15. The van der Waals surface area contributed by atoms with Gasteiger partial charge in [-0.15, -0.1) is 11.3 Å². The van der Waals surface area contributed by atoms with Crippen LogP contribution in [0.1, 0.15) is 17.5 Å². The van der Waals surface area contributed by atoms with Gasteiger partial charge in [-0.25, -0.2) is 4.98 Å². The summed E-state index contributed by atoms with van der Waals surface area (Å²) in [5.41, 5.74) is 1.03. The van der Waals surface area contributed by atoms with Crippen molar-refractivity contribution in [1.29, 1.82) is 0 Å². The highest BCUT2D eigenvalue weighted by Gasteiger charge is 2.24. The molecule has 0 saturated heterocycles. The van der Waals surface area contributed by atoms with Crippen LogP contribution in [0.2, 0.25) is 0 Å². The number of aromatic nitrogens is 3. The molecular weight excluding hydrogens is 308 g/mol. The van der Waals surface area contributed by atoms with Gasteiger partial charge in [0.2, 0.25) is 0 Å². The number of hydrogen-bond acceptors (Lipinski definition) is 5. The van der Waals surface area contributed by atoms with Crippen molar-refractivity contribution in [2.24, 2.45) is 7.05 Å². The monoisotopic (exact) mass is 328 g/mol. The Morgan fingerprint density at radius 2 is 2.04 bits per heavy atom. The number of rotatable bonds is 6. The summed E-state index contributed by atoms with van der Waals surface area (Å²) in [5, 5.41) is 18.9. The second-order valence-electron chi connectivity index (χ2n) is 5.76. The van der Waals surface area contributed by atoms with Crippen LogP contribution < -0.4 is 5.32 Å². The molecule has 23 heavy (non-hydrogen) atoms. The molecule has 3 rings (SSSR count). The fourth-order valence-electron chi connectivity index (χ4n) is 2.34. The normalized spacial score (nSPS) is 13.9. The third-order valence-electron chi connectivity index (χ3n) is 3.68. The van der Waals surface area contributed by atoms with E-state index in [2.05, 4.69) is 27.5 Å². The van der Waals surface area contributed by atoms with Crippen LogP contribution >= 0.6 is 11.3 Å². The second-order valence-corrected chi connectivity index (χ2v) is 6.88. The molecule has 2 aromatic heterocycles. The number of thiazole rings is 1. The molecule has 2 N–H and O–H groups in total. The van der Waals surface area contributed by atoms with Crippen LogP contribution in [-0.4, -0.2) is 26.4 Å². The minimum atomic E-state index is -0.951. The summed E-state index contributed by atoms with van der Waals surface area (Å²) >= 11 is 1.66. The Hall–Kier alpha value is -2.02. The first-order valence-electron chi connectivity index (χ1n) is 7.47. The molecule has 5 nitrogen and oxygen atoms in total. The lowest BCUT2D eigenvalue weighted by molar-refractivity contribution is 0.0566. The maximum Gasteiger partial charge on any atom is 0.107 e. The molecule has 2 heterocycles. The van der Waals surface area contributed by atoms with Crippen LogP contribution in [0.5, 0.6) is 0 Å². The number of aryl methyl sites for hydroxylation is 1. The summed E-state index contributed by atoms with van der Waals surface area (Å²) in [6.07, 6.45) is 5.42. The van der Waals surface area contributed by atoms with Gasteiger partial charge in [0.05, 0.1) is 11.1 Å². The third kappa shape index (κ3) is 3.85. The summed E-state index contributed by atoms with van der Waals surface area (Å²) < 4.78 is 1.69. The number of benzene rings is 1. The van der Waals surface area contributed by atoms with Gasteiger partial charge in [0.15, 0.2) is 0 Å².